The van der Waals surface area contributed by atoms with E-state index in [1.807, 2.05) is 19.9 Å². The topological polar surface area (TPSA) is 142 Å². The van der Waals surface area contributed by atoms with Crippen molar-refractivity contribution < 1.29 is 37.4 Å². The fraction of sp³-hybridized carbons (Fsp3) is 0.448. The van der Waals surface area contributed by atoms with Gasteiger partial charge in [0.25, 0.3) is 5.09 Å². The SMILES string of the molecule is CCN(CC)CCOC(=O)C(=C(COC(=O)CCCCCO[N+](=O)[O-])c1ccc(S(C)(=O)=O)cc1)c1ccccc1. The second-order valence-electron chi connectivity index (χ2n) is 9.21. The maximum absolute atomic E-state index is 13.5. The molecule has 0 N–H and O–H groups in total. The van der Waals surface area contributed by atoms with Gasteiger partial charge >= 0.3 is 11.9 Å². The van der Waals surface area contributed by atoms with Crippen molar-refractivity contribution in [2.24, 2.45) is 0 Å². The van der Waals surface area contributed by atoms with Crippen molar-refractivity contribution in [2.45, 2.75) is 44.4 Å². The van der Waals surface area contributed by atoms with Crippen LogP contribution in [0.1, 0.15) is 50.7 Å². The van der Waals surface area contributed by atoms with Gasteiger partial charge in [0.15, 0.2) is 9.84 Å². The molecule has 0 aliphatic carbocycles. The maximum atomic E-state index is 13.5. The number of rotatable bonds is 18. The molecule has 0 unspecified atom stereocenters. The predicted molar refractivity (Wildman–Crippen MR) is 154 cm³/mol. The van der Waals surface area contributed by atoms with Crippen molar-refractivity contribution >= 4 is 32.9 Å². The van der Waals surface area contributed by atoms with Gasteiger partial charge in [0.2, 0.25) is 0 Å². The molecule has 0 atom stereocenters. The van der Waals surface area contributed by atoms with Gasteiger partial charge in [-0.3, -0.25) is 4.79 Å². The number of carbonyl (C=O) groups excluding carboxylic acids is 2. The van der Waals surface area contributed by atoms with Crippen molar-refractivity contribution in [3.63, 3.8) is 0 Å². The molecule has 0 bridgehead atoms. The lowest BCUT2D eigenvalue weighted by Crippen LogP contribution is -2.28. The molecule has 0 fully saturated rings. The highest BCUT2D eigenvalue weighted by molar-refractivity contribution is 7.90. The number of carbonyl (C=O) groups is 2. The van der Waals surface area contributed by atoms with E-state index in [-0.39, 0.29) is 36.7 Å². The quantitative estimate of drug-likeness (QED) is 0.0619. The Morgan fingerprint density at radius 3 is 2.12 bits per heavy atom. The van der Waals surface area contributed by atoms with Crippen molar-refractivity contribution in [1.29, 1.82) is 0 Å². The van der Waals surface area contributed by atoms with Gasteiger partial charge in [0.1, 0.15) is 13.2 Å². The molecule has 0 radical (unpaired) electrons. The third-order valence-electron chi connectivity index (χ3n) is 6.33. The summed E-state index contributed by atoms with van der Waals surface area (Å²) in [5, 5.41) is 9.38. The second-order valence-corrected chi connectivity index (χ2v) is 11.2. The summed E-state index contributed by atoms with van der Waals surface area (Å²) in [4.78, 5) is 42.8. The number of hydrogen-bond acceptors (Lipinski definition) is 10. The van der Waals surface area contributed by atoms with Gasteiger partial charge < -0.3 is 19.2 Å². The van der Waals surface area contributed by atoms with Crippen LogP contribution in [0.4, 0.5) is 0 Å². The molecule has 0 heterocycles. The van der Waals surface area contributed by atoms with Crippen molar-refractivity contribution in [1.82, 2.24) is 4.90 Å². The molecule has 224 valence electrons. The molecule has 0 saturated carbocycles. The van der Waals surface area contributed by atoms with E-state index in [4.69, 9.17) is 9.47 Å². The van der Waals surface area contributed by atoms with E-state index >= 15 is 0 Å². The standard InChI is InChI=1S/C29H38N2O9S/c1-4-30(5-2)19-21-38-29(33)28(24-12-8-6-9-13-24)26(23-15-17-25(18-16-23)41(3,36)37)22-39-27(32)14-10-7-11-20-40-31(34)35/h6,8-9,12-13,15-18H,4-5,7,10-11,14,19-22H2,1-3H3. The molecule has 2 aromatic rings. The summed E-state index contributed by atoms with van der Waals surface area (Å²) in [6, 6.07) is 14.9. The Labute approximate surface area is 241 Å². The Bertz CT molecular complexity index is 1270. The van der Waals surface area contributed by atoms with Gasteiger partial charge in [-0.25, -0.2) is 13.2 Å². The number of ether oxygens (including phenoxy) is 2. The number of unbranched alkanes of at least 4 members (excludes halogenated alkanes) is 2. The summed E-state index contributed by atoms with van der Waals surface area (Å²) in [6.07, 6.45) is 2.58. The first kappa shape index (κ1) is 33.4. The monoisotopic (exact) mass is 590 g/mol. The van der Waals surface area contributed by atoms with Crippen LogP contribution in [0.3, 0.4) is 0 Å². The minimum Gasteiger partial charge on any atom is -0.461 e. The Balaban J connectivity index is 2.35. The fourth-order valence-corrected chi connectivity index (χ4v) is 4.65. The zero-order valence-electron chi connectivity index (χ0n) is 23.7. The third-order valence-corrected chi connectivity index (χ3v) is 7.46. The average Bonchev–Trinajstić information content (AvgIpc) is 2.95. The van der Waals surface area contributed by atoms with Crippen LogP contribution in [-0.2, 0) is 33.7 Å². The van der Waals surface area contributed by atoms with Crippen LogP contribution in [0, 0.1) is 10.1 Å². The minimum absolute atomic E-state index is 0.0464. The predicted octanol–water partition coefficient (Wildman–Crippen LogP) is 4.20. The summed E-state index contributed by atoms with van der Waals surface area (Å²) in [7, 11) is -3.45. The first-order valence-corrected chi connectivity index (χ1v) is 15.4. The van der Waals surface area contributed by atoms with Gasteiger partial charge in [0.05, 0.1) is 17.1 Å². The molecule has 0 spiro atoms. The molecule has 0 aliphatic rings. The van der Waals surface area contributed by atoms with E-state index in [2.05, 4.69) is 9.74 Å². The van der Waals surface area contributed by atoms with Gasteiger partial charge in [-0.2, -0.15) is 0 Å². The van der Waals surface area contributed by atoms with Gasteiger partial charge in [-0.15, -0.1) is 10.1 Å². The van der Waals surface area contributed by atoms with Crippen molar-refractivity contribution in [2.75, 3.05) is 45.7 Å². The summed E-state index contributed by atoms with van der Waals surface area (Å²) in [5.74, 6) is -1.10. The lowest BCUT2D eigenvalue weighted by Gasteiger charge is -2.19. The Morgan fingerprint density at radius 1 is 0.878 bits per heavy atom. The molecule has 0 amide bonds. The number of sulfone groups is 1. The Morgan fingerprint density at radius 2 is 1.54 bits per heavy atom. The normalized spacial score (nSPS) is 12.0. The maximum Gasteiger partial charge on any atom is 0.339 e. The van der Waals surface area contributed by atoms with Crippen molar-refractivity contribution in [3.05, 3.63) is 75.8 Å². The van der Waals surface area contributed by atoms with Crippen molar-refractivity contribution in [3.8, 4) is 0 Å². The van der Waals surface area contributed by atoms with Gasteiger partial charge in [-0.1, -0.05) is 62.7 Å². The number of likely N-dealkylation sites (N-methyl/N-ethyl adjacent to an activating group) is 1. The molecule has 41 heavy (non-hydrogen) atoms. The third kappa shape index (κ3) is 11.7. The summed E-state index contributed by atoms with van der Waals surface area (Å²) < 4.78 is 35.3. The smallest absolute Gasteiger partial charge is 0.339 e. The lowest BCUT2D eigenvalue weighted by atomic mass is 9.95. The van der Waals surface area contributed by atoms with Gasteiger partial charge in [-0.05, 0) is 49.2 Å². The number of benzene rings is 2. The van der Waals surface area contributed by atoms with Crippen LogP contribution in [0.5, 0.6) is 0 Å². The Kier molecular flexibility index (Phi) is 14.0. The number of hydrogen-bond donors (Lipinski definition) is 0. The zero-order chi connectivity index (χ0) is 30.3. The number of esters is 2. The molecule has 2 rings (SSSR count). The molecule has 11 nitrogen and oxygen atoms in total. The minimum atomic E-state index is -3.45. The summed E-state index contributed by atoms with van der Waals surface area (Å²) in [5.41, 5.74) is 1.64. The molecule has 0 saturated heterocycles. The first-order chi connectivity index (χ1) is 19.6. The van der Waals surface area contributed by atoms with E-state index in [0.29, 0.717) is 42.5 Å². The molecular weight excluding hydrogens is 552 g/mol. The zero-order valence-corrected chi connectivity index (χ0v) is 24.6. The van der Waals surface area contributed by atoms with E-state index < -0.39 is 26.9 Å². The summed E-state index contributed by atoms with van der Waals surface area (Å²) >= 11 is 0. The van der Waals surface area contributed by atoms with E-state index in [1.165, 1.54) is 12.1 Å². The fourth-order valence-electron chi connectivity index (χ4n) is 4.01. The van der Waals surface area contributed by atoms with Crippen LogP contribution >= 0.6 is 0 Å². The van der Waals surface area contributed by atoms with Gasteiger partial charge in [0, 0.05) is 24.8 Å². The molecule has 0 aromatic heterocycles. The molecule has 12 heteroatoms. The highest BCUT2D eigenvalue weighted by atomic mass is 32.2. The summed E-state index contributed by atoms with van der Waals surface area (Å²) in [6.45, 7) is 6.09. The van der Waals surface area contributed by atoms with Crippen LogP contribution in [0.25, 0.3) is 11.1 Å². The number of nitrogens with zero attached hydrogens (tertiary/aromatic N) is 2. The highest BCUT2D eigenvalue weighted by Crippen LogP contribution is 2.29. The lowest BCUT2D eigenvalue weighted by molar-refractivity contribution is -0.757. The molecule has 0 aliphatic heterocycles. The van der Waals surface area contributed by atoms with Crippen LogP contribution < -0.4 is 0 Å². The molecular formula is C29H38N2O9S. The largest absolute Gasteiger partial charge is 0.461 e. The van der Waals surface area contributed by atoms with E-state index in [0.717, 1.165) is 19.3 Å². The average molecular weight is 591 g/mol. The highest BCUT2D eigenvalue weighted by Gasteiger charge is 2.22. The van der Waals surface area contributed by atoms with Crippen LogP contribution in [0.2, 0.25) is 0 Å². The van der Waals surface area contributed by atoms with Crippen LogP contribution in [0.15, 0.2) is 59.5 Å². The van der Waals surface area contributed by atoms with E-state index in [1.54, 1.807) is 36.4 Å². The second kappa shape index (κ2) is 17.1. The van der Waals surface area contributed by atoms with Crippen LogP contribution in [-0.4, -0.2) is 76.1 Å². The first-order valence-electron chi connectivity index (χ1n) is 13.5. The van der Waals surface area contributed by atoms with E-state index in [9.17, 15) is 28.1 Å². The Hall–Kier alpha value is -3.77. The molecule has 2 aromatic carbocycles.